The van der Waals surface area contributed by atoms with Crippen LogP contribution in [-0.4, -0.2) is 46.6 Å². The first kappa shape index (κ1) is 52.3. The number of carbonyl (C=O) groups is 1. The molecule has 0 saturated heterocycles. The monoisotopic (exact) mass is 752 g/mol. The molecule has 0 aromatic rings. The minimum Gasteiger partial charge on any atom is -0.396 e. The van der Waals surface area contributed by atoms with Crippen LogP contribution >= 0.6 is 0 Å². The minimum absolute atomic E-state index is 0.0289. The van der Waals surface area contributed by atoms with E-state index in [1.165, 1.54) is 225 Å². The van der Waals surface area contributed by atoms with Crippen LogP contribution < -0.4 is 5.32 Å². The number of amides is 1. The summed E-state index contributed by atoms with van der Waals surface area (Å²) < 4.78 is 0. The van der Waals surface area contributed by atoms with Crippen LogP contribution in [0.3, 0.4) is 0 Å². The quantitative estimate of drug-likeness (QED) is 0.0466. The summed E-state index contributed by atoms with van der Waals surface area (Å²) in [5.41, 5.74) is 0. The van der Waals surface area contributed by atoms with Gasteiger partial charge in [-0.3, -0.25) is 4.79 Å². The molecule has 0 aliphatic rings. The largest absolute Gasteiger partial charge is 0.396 e. The van der Waals surface area contributed by atoms with E-state index in [1.54, 1.807) is 0 Å². The molecule has 1 amide bonds. The van der Waals surface area contributed by atoms with Crippen LogP contribution in [-0.2, 0) is 4.79 Å². The van der Waals surface area contributed by atoms with Crippen molar-refractivity contribution in [2.24, 2.45) is 0 Å². The predicted octanol–water partition coefficient (Wildman–Crippen LogP) is 14.2. The second-order valence-corrected chi connectivity index (χ2v) is 17.0. The van der Waals surface area contributed by atoms with Crippen molar-refractivity contribution in [2.75, 3.05) is 13.2 Å². The summed E-state index contributed by atoms with van der Waals surface area (Å²) in [5, 5.41) is 32.0. The van der Waals surface area contributed by atoms with Gasteiger partial charge in [-0.05, 0) is 19.3 Å². The Labute approximate surface area is 332 Å². The fraction of sp³-hybridized carbons (Fsp3) is 0.979. The third-order valence-corrected chi connectivity index (χ3v) is 11.7. The van der Waals surface area contributed by atoms with Crippen LogP contribution in [0.15, 0.2) is 0 Å². The van der Waals surface area contributed by atoms with Gasteiger partial charge in [0.15, 0.2) is 0 Å². The summed E-state index contributed by atoms with van der Waals surface area (Å²) in [5.74, 6) is -0.0289. The van der Waals surface area contributed by atoms with E-state index in [0.717, 1.165) is 32.1 Å². The Balaban J connectivity index is 3.38. The van der Waals surface area contributed by atoms with Crippen molar-refractivity contribution < 1.29 is 20.1 Å². The smallest absolute Gasteiger partial charge is 0.220 e. The predicted molar refractivity (Wildman–Crippen MR) is 232 cm³/mol. The number of hydrogen-bond donors (Lipinski definition) is 4. The third kappa shape index (κ3) is 42.3. The van der Waals surface area contributed by atoms with Gasteiger partial charge >= 0.3 is 0 Å². The highest BCUT2D eigenvalue weighted by molar-refractivity contribution is 5.76. The van der Waals surface area contributed by atoms with Crippen molar-refractivity contribution in [3.8, 4) is 0 Å². The van der Waals surface area contributed by atoms with E-state index < -0.39 is 12.1 Å². The third-order valence-electron chi connectivity index (χ3n) is 11.7. The summed E-state index contributed by atoms with van der Waals surface area (Å²) in [6.45, 7) is 2.44. The molecule has 318 valence electrons. The molecule has 0 fully saturated rings. The maximum Gasteiger partial charge on any atom is 0.220 e. The molecule has 0 aliphatic carbocycles. The van der Waals surface area contributed by atoms with Gasteiger partial charge in [-0.2, -0.15) is 0 Å². The first-order chi connectivity index (χ1) is 26.2. The number of carbonyl (C=O) groups excluding carboxylic acids is 1. The molecule has 0 aromatic carbocycles. The summed E-state index contributed by atoms with van der Waals surface area (Å²) >= 11 is 0. The van der Waals surface area contributed by atoms with Gasteiger partial charge in [0, 0.05) is 13.0 Å². The molecule has 0 heterocycles. The van der Waals surface area contributed by atoms with Gasteiger partial charge in [-0.1, -0.05) is 251 Å². The van der Waals surface area contributed by atoms with E-state index in [-0.39, 0.29) is 12.5 Å². The van der Waals surface area contributed by atoms with E-state index in [0.29, 0.717) is 19.4 Å². The highest BCUT2D eigenvalue weighted by Crippen LogP contribution is 2.17. The van der Waals surface area contributed by atoms with Gasteiger partial charge < -0.3 is 20.6 Å². The van der Waals surface area contributed by atoms with Crippen molar-refractivity contribution in [2.45, 2.75) is 289 Å². The molecule has 0 aromatic heterocycles. The Kier molecular flexibility index (Phi) is 45.2. The molecule has 0 radical (unpaired) electrons. The first-order valence-electron chi connectivity index (χ1n) is 24.3. The summed E-state index contributed by atoms with van der Waals surface area (Å²) in [6, 6.07) is -0.533. The number of rotatable bonds is 46. The Hall–Kier alpha value is -0.650. The normalized spacial score (nSPS) is 12.8. The molecule has 5 heteroatoms. The van der Waals surface area contributed by atoms with Crippen LogP contribution in [0.2, 0.25) is 0 Å². The molecule has 0 bridgehead atoms. The van der Waals surface area contributed by atoms with Crippen LogP contribution in [0.1, 0.15) is 277 Å². The zero-order chi connectivity index (χ0) is 38.6. The highest BCUT2D eigenvalue weighted by Gasteiger charge is 2.20. The lowest BCUT2D eigenvalue weighted by atomic mass is 10.0. The number of hydrogen-bond acceptors (Lipinski definition) is 4. The van der Waals surface area contributed by atoms with Gasteiger partial charge in [-0.15, -0.1) is 0 Å². The SMILES string of the molecule is CCCCCCCCCCCCCCC[C@@H](O)[C@H](CO)NC(=O)CCCCCCCCCCCCCCCCCCCCCCCCCCCCCO. The van der Waals surface area contributed by atoms with Crippen molar-refractivity contribution in [3.05, 3.63) is 0 Å². The summed E-state index contributed by atoms with van der Waals surface area (Å²) in [6.07, 6.45) is 53.6. The molecule has 0 aliphatic heterocycles. The molecule has 0 unspecified atom stereocenters. The van der Waals surface area contributed by atoms with Crippen LogP contribution in [0.25, 0.3) is 0 Å². The fourth-order valence-corrected chi connectivity index (χ4v) is 7.93. The second-order valence-electron chi connectivity index (χ2n) is 17.0. The molecule has 0 spiro atoms. The zero-order valence-corrected chi connectivity index (χ0v) is 36.0. The molecule has 5 nitrogen and oxygen atoms in total. The molecule has 4 N–H and O–H groups in total. The number of unbranched alkanes of at least 4 members (excludes halogenated alkanes) is 38. The molecular weight excluding hydrogens is 655 g/mol. The Morgan fingerprint density at radius 1 is 0.396 bits per heavy atom. The lowest BCUT2D eigenvalue weighted by Crippen LogP contribution is -2.45. The molecule has 2 atom stereocenters. The molecule has 0 rings (SSSR count). The maximum absolute atomic E-state index is 12.4. The standard InChI is InChI=1S/C48H97NO4/c1-2-3-4-5-6-7-8-24-27-30-33-36-39-42-47(52)46(45-51)49-48(53)43-40-37-34-31-28-25-22-20-18-16-14-12-10-9-11-13-15-17-19-21-23-26-29-32-35-38-41-44-50/h46-47,50-52H,2-45H2,1H3,(H,49,53)/t46-,47+/m0/s1. The molecular formula is C48H97NO4. The topological polar surface area (TPSA) is 89.8 Å². The van der Waals surface area contributed by atoms with E-state index in [2.05, 4.69) is 12.2 Å². The zero-order valence-electron chi connectivity index (χ0n) is 36.0. The lowest BCUT2D eigenvalue weighted by Gasteiger charge is -2.22. The van der Waals surface area contributed by atoms with Gasteiger partial charge in [0.1, 0.15) is 0 Å². The van der Waals surface area contributed by atoms with Crippen LogP contribution in [0.4, 0.5) is 0 Å². The molecule has 53 heavy (non-hydrogen) atoms. The first-order valence-corrected chi connectivity index (χ1v) is 24.3. The Bertz CT molecular complexity index is 688. The minimum atomic E-state index is -0.656. The number of aliphatic hydroxyl groups is 3. The van der Waals surface area contributed by atoms with E-state index >= 15 is 0 Å². The lowest BCUT2D eigenvalue weighted by molar-refractivity contribution is -0.123. The second kappa shape index (κ2) is 45.7. The van der Waals surface area contributed by atoms with E-state index in [9.17, 15) is 15.0 Å². The fourth-order valence-electron chi connectivity index (χ4n) is 7.93. The number of aliphatic hydroxyl groups excluding tert-OH is 3. The van der Waals surface area contributed by atoms with Crippen molar-refractivity contribution in [1.82, 2.24) is 5.32 Å². The van der Waals surface area contributed by atoms with Crippen molar-refractivity contribution in [1.29, 1.82) is 0 Å². The van der Waals surface area contributed by atoms with Gasteiger partial charge in [0.25, 0.3) is 0 Å². The van der Waals surface area contributed by atoms with Crippen LogP contribution in [0, 0.1) is 0 Å². The maximum atomic E-state index is 12.4. The van der Waals surface area contributed by atoms with E-state index in [4.69, 9.17) is 5.11 Å². The Morgan fingerprint density at radius 3 is 0.943 bits per heavy atom. The Morgan fingerprint density at radius 2 is 0.660 bits per heavy atom. The van der Waals surface area contributed by atoms with Gasteiger partial charge in [0.05, 0.1) is 18.8 Å². The average Bonchev–Trinajstić information content (AvgIpc) is 3.16. The van der Waals surface area contributed by atoms with Crippen molar-refractivity contribution >= 4 is 5.91 Å². The summed E-state index contributed by atoms with van der Waals surface area (Å²) in [4.78, 5) is 12.4. The molecule has 0 saturated carbocycles. The summed E-state index contributed by atoms with van der Waals surface area (Å²) in [7, 11) is 0. The number of nitrogens with one attached hydrogen (secondary N) is 1. The van der Waals surface area contributed by atoms with Crippen molar-refractivity contribution in [3.63, 3.8) is 0 Å². The van der Waals surface area contributed by atoms with Crippen LogP contribution in [0.5, 0.6) is 0 Å². The van der Waals surface area contributed by atoms with Gasteiger partial charge in [-0.25, -0.2) is 0 Å². The highest BCUT2D eigenvalue weighted by atomic mass is 16.3. The van der Waals surface area contributed by atoms with Gasteiger partial charge in [0.2, 0.25) is 5.91 Å². The average molecular weight is 752 g/mol. The van der Waals surface area contributed by atoms with E-state index in [1.807, 2.05) is 0 Å².